The standard InChI is InChI=1S/C18H12Cl2N4O/c1-22-12-4-2-10(3-5-12)16-23-17(24-25-16)18(6-7-18)15-13(19)8-11(21)9-14(15)20/h2-5,8-9H,6-7,21H2. The van der Waals surface area contributed by atoms with Crippen molar-refractivity contribution in [3.63, 3.8) is 0 Å². The lowest BCUT2D eigenvalue weighted by atomic mass is 9.94. The van der Waals surface area contributed by atoms with Crippen LogP contribution in [0, 0.1) is 6.57 Å². The van der Waals surface area contributed by atoms with Crippen molar-refractivity contribution < 1.29 is 4.52 Å². The SMILES string of the molecule is [C-]#[N+]c1ccc(-c2nc(C3(c4c(Cl)cc(N)cc4Cl)CC3)no2)cc1. The lowest BCUT2D eigenvalue weighted by Gasteiger charge is -2.15. The fourth-order valence-corrected chi connectivity index (χ4v) is 3.84. The van der Waals surface area contributed by atoms with Crippen molar-refractivity contribution in [1.82, 2.24) is 10.1 Å². The summed E-state index contributed by atoms with van der Waals surface area (Å²) in [6, 6.07) is 10.4. The van der Waals surface area contributed by atoms with Crippen molar-refractivity contribution >= 4 is 34.6 Å². The zero-order valence-corrected chi connectivity index (χ0v) is 14.5. The van der Waals surface area contributed by atoms with Crippen LogP contribution in [-0.2, 0) is 5.41 Å². The van der Waals surface area contributed by atoms with Crippen molar-refractivity contribution in [2.45, 2.75) is 18.3 Å². The molecule has 0 amide bonds. The fraction of sp³-hybridized carbons (Fsp3) is 0.167. The summed E-state index contributed by atoms with van der Waals surface area (Å²) < 4.78 is 5.43. The fourth-order valence-electron chi connectivity index (χ4n) is 2.97. The van der Waals surface area contributed by atoms with Crippen molar-refractivity contribution in [3.8, 4) is 11.5 Å². The molecule has 0 bridgehead atoms. The number of aromatic nitrogens is 2. The van der Waals surface area contributed by atoms with Gasteiger partial charge in [0.15, 0.2) is 11.5 Å². The number of anilines is 1. The highest BCUT2D eigenvalue weighted by atomic mass is 35.5. The average Bonchev–Trinajstić information content (AvgIpc) is 3.21. The highest BCUT2D eigenvalue weighted by molar-refractivity contribution is 6.36. The molecule has 1 aliphatic rings. The molecule has 1 aliphatic carbocycles. The van der Waals surface area contributed by atoms with Gasteiger partial charge in [0, 0.05) is 26.9 Å². The van der Waals surface area contributed by atoms with Gasteiger partial charge < -0.3 is 10.3 Å². The Kier molecular flexibility index (Phi) is 3.68. The number of nitrogen functional groups attached to an aromatic ring is 1. The second kappa shape index (κ2) is 5.76. The Hall–Kier alpha value is -2.55. The number of nitrogens with two attached hydrogens (primary N) is 1. The summed E-state index contributed by atoms with van der Waals surface area (Å²) in [5.41, 5.74) is 7.99. The lowest BCUT2D eigenvalue weighted by Crippen LogP contribution is -2.12. The van der Waals surface area contributed by atoms with E-state index in [2.05, 4.69) is 15.0 Å². The Morgan fingerprint density at radius 2 is 1.76 bits per heavy atom. The second-order valence-electron chi connectivity index (χ2n) is 6.02. The molecule has 0 radical (unpaired) electrons. The molecule has 124 valence electrons. The minimum Gasteiger partial charge on any atom is -0.399 e. The molecule has 5 nitrogen and oxygen atoms in total. The number of benzene rings is 2. The van der Waals surface area contributed by atoms with Crippen LogP contribution in [0.1, 0.15) is 24.2 Å². The van der Waals surface area contributed by atoms with Crippen LogP contribution in [0.5, 0.6) is 0 Å². The molecular weight excluding hydrogens is 359 g/mol. The van der Waals surface area contributed by atoms with Crippen LogP contribution in [-0.4, -0.2) is 10.1 Å². The Morgan fingerprint density at radius 1 is 1.12 bits per heavy atom. The summed E-state index contributed by atoms with van der Waals surface area (Å²) in [6.45, 7) is 7.00. The highest BCUT2D eigenvalue weighted by Gasteiger charge is 2.52. The first kappa shape index (κ1) is 15.9. The van der Waals surface area contributed by atoms with E-state index in [0.29, 0.717) is 33.1 Å². The molecule has 0 saturated heterocycles. The number of rotatable bonds is 3. The van der Waals surface area contributed by atoms with Gasteiger partial charge in [-0.2, -0.15) is 4.98 Å². The molecule has 0 spiro atoms. The molecule has 0 atom stereocenters. The molecule has 1 heterocycles. The predicted octanol–water partition coefficient (Wildman–Crippen LogP) is 5.26. The maximum Gasteiger partial charge on any atom is 0.257 e. The van der Waals surface area contributed by atoms with E-state index in [1.54, 1.807) is 36.4 Å². The van der Waals surface area contributed by atoms with Crippen LogP contribution in [0.3, 0.4) is 0 Å². The third-order valence-corrected chi connectivity index (χ3v) is 4.99. The first-order chi connectivity index (χ1) is 12.0. The lowest BCUT2D eigenvalue weighted by molar-refractivity contribution is 0.418. The number of hydrogen-bond acceptors (Lipinski definition) is 4. The first-order valence-electron chi connectivity index (χ1n) is 7.60. The monoisotopic (exact) mass is 370 g/mol. The molecule has 1 saturated carbocycles. The van der Waals surface area contributed by atoms with Gasteiger partial charge in [0.25, 0.3) is 5.89 Å². The van der Waals surface area contributed by atoms with Gasteiger partial charge in [0.2, 0.25) is 0 Å². The van der Waals surface area contributed by atoms with Gasteiger partial charge >= 0.3 is 0 Å². The molecule has 7 heteroatoms. The van der Waals surface area contributed by atoms with Gasteiger partial charge in [-0.25, -0.2) is 4.85 Å². The quantitative estimate of drug-likeness (QED) is 0.504. The average molecular weight is 371 g/mol. The molecule has 3 aromatic rings. The summed E-state index contributed by atoms with van der Waals surface area (Å²) in [7, 11) is 0. The van der Waals surface area contributed by atoms with Gasteiger partial charge in [-0.05, 0) is 25.0 Å². The van der Waals surface area contributed by atoms with E-state index in [1.807, 2.05) is 0 Å². The van der Waals surface area contributed by atoms with E-state index in [0.717, 1.165) is 24.0 Å². The minimum absolute atomic E-state index is 0.403. The Bertz CT molecular complexity index is 978. The van der Waals surface area contributed by atoms with Crippen LogP contribution in [0.25, 0.3) is 16.3 Å². The summed E-state index contributed by atoms with van der Waals surface area (Å²) in [6.07, 6.45) is 1.68. The van der Waals surface area contributed by atoms with Crippen molar-refractivity contribution in [3.05, 3.63) is 69.2 Å². The van der Waals surface area contributed by atoms with Crippen molar-refractivity contribution in [2.75, 3.05) is 5.73 Å². The van der Waals surface area contributed by atoms with Crippen molar-refractivity contribution in [1.29, 1.82) is 0 Å². The maximum atomic E-state index is 7.00. The zero-order chi connectivity index (χ0) is 17.6. The molecule has 1 aromatic heterocycles. The van der Waals surface area contributed by atoms with Crippen LogP contribution in [0.15, 0.2) is 40.9 Å². The Balaban J connectivity index is 1.74. The van der Waals surface area contributed by atoms with Gasteiger partial charge in [-0.3, -0.25) is 0 Å². The first-order valence-corrected chi connectivity index (χ1v) is 8.36. The Morgan fingerprint density at radius 3 is 2.32 bits per heavy atom. The maximum absolute atomic E-state index is 7.00. The number of hydrogen-bond donors (Lipinski definition) is 1. The number of nitrogens with zero attached hydrogens (tertiary/aromatic N) is 3. The highest BCUT2D eigenvalue weighted by Crippen LogP contribution is 2.56. The zero-order valence-electron chi connectivity index (χ0n) is 13.0. The van der Waals surface area contributed by atoms with E-state index in [4.69, 9.17) is 40.0 Å². The molecule has 2 aromatic carbocycles. The summed E-state index contributed by atoms with van der Waals surface area (Å²) in [4.78, 5) is 7.92. The van der Waals surface area contributed by atoms with Gasteiger partial charge in [-0.15, -0.1) is 0 Å². The van der Waals surface area contributed by atoms with E-state index in [1.165, 1.54) is 0 Å². The van der Waals surface area contributed by atoms with Gasteiger partial charge in [-0.1, -0.05) is 52.6 Å². The van der Waals surface area contributed by atoms with Crippen LogP contribution in [0.4, 0.5) is 11.4 Å². The molecular formula is C18H12Cl2N4O. The minimum atomic E-state index is -0.430. The molecule has 4 rings (SSSR count). The van der Waals surface area contributed by atoms with Gasteiger partial charge in [0.1, 0.15) is 0 Å². The molecule has 0 aliphatic heterocycles. The largest absolute Gasteiger partial charge is 0.399 e. The van der Waals surface area contributed by atoms with E-state index in [9.17, 15) is 0 Å². The van der Waals surface area contributed by atoms with Crippen LogP contribution in [0.2, 0.25) is 10.0 Å². The molecule has 25 heavy (non-hydrogen) atoms. The smallest absolute Gasteiger partial charge is 0.257 e. The number of halogens is 2. The van der Waals surface area contributed by atoms with Crippen molar-refractivity contribution in [2.24, 2.45) is 0 Å². The third kappa shape index (κ3) is 2.64. The Labute approximate surface area is 154 Å². The molecule has 1 fully saturated rings. The molecule has 0 unspecified atom stereocenters. The second-order valence-corrected chi connectivity index (χ2v) is 6.84. The normalized spacial score (nSPS) is 14.9. The van der Waals surface area contributed by atoms with Crippen LogP contribution < -0.4 is 5.73 Å². The summed E-state index contributed by atoms with van der Waals surface area (Å²) in [5, 5.41) is 5.17. The third-order valence-electron chi connectivity index (χ3n) is 4.39. The topological polar surface area (TPSA) is 69.3 Å². The summed E-state index contributed by atoms with van der Waals surface area (Å²) in [5.74, 6) is 0.964. The van der Waals surface area contributed by atoms with Crippen LogP contribution >= 0.6 is 23.2 Å². The van der Waals surface area contributed by atoms with E-state index >= 15 is 0 Å². The summed E-state index contributed by atoms with van der Waals surface area (Å²) >= 11 is 12.8. The van der Waals surface area contributed by atoms with E-state index in [-0.39, 0.29) is 0 Å². The predicted molar refractivity (Wildman–Crippen MR) is 96.9 cm³/mol. The van der Waals surface area contributed by atoms with E-state index < -0.39 is 5.41 Å². The molecule has 2 N–H and O–H groups in total. The van der Waals surface area contributed by atoms with Gasteiger partial charge in [0.05, 0.1) is 12.0 Å².